The van der Waals surface area contributed by atoms with Gasteiger partial charge in [-0.05, 0) is 44.6 Å². The lowest BCUT2D eigenvalue weighted by atomic mass is 9.95. The molecule has 0 unspecified atom stereocenters. The molecule has 0 aromatic heterocycles. The van der Waals surface area contributed by atoms with Gasteiger partial charge >= 0.3 is 0 Å². The van der Waals surface area contributed by atoms with Gasteiger partial charge in [0.1, 0.15) is 5.75 Å². The van der Waals surface area contributed by atoms with Crippen LogP contribution in [0.25, 0.3) is 0 Å². The summed E-state index contributed by atoms with van der Waals surface area (Å²) in [6, 6.07) is 7.68. The maximum Gasteiger partial charge on any atom is 0.115 e. The molecule has 0 saturated heterocycles. The maximum atomic E-state index is 9.42. The highest BCUT2D eigenvalue weighted by Crippen LogP contribution is 2.48. The molecule has 14 heavy (non-hydrogen) atoms. The Morgan fingerprint density at radius 1 is 1.36 bits per heavy atom. The van der Waals surface area contributed by atoms with Gasteiger partial charge in [-0.15, -0.1) is 0 Å². The summed E-state index contributed by atoms with van der Waals surface area (Å²) in [5.41, 5.74) is 1.61. The third-order valence-corrected chi connectivity index (χ3v) is 2.93. The number of likely N-dealkylation sites (N-methyl/N-ethyl adjacent to an activating group) is 1. The van der Waals surface area contributed by atoms with Gasteiger partial charge in [0.25, 0.3) is 0 Å². The molecule has 1 saturated carbocycles. The molecular formula is C12H17NO. The molecule has 0 amide bonds. The van der Waals surface area contributed by atoms with E-state index in [0.29, 0.717) is 11.2 Å². The zero-order valence-corrected chi connectivity index (χ0v) is 8.83. The van der Waals surface area contributed by atoms with Crippen molar-refractivity contribution in [3.63, 3.8) is 0 Å². The molecule has 0 heterocycles. The standard InChI is InChI=1S/C12H17NO/c1-13(2)9-12(6-7-12)10-4-3-5-11(14)8-10/h3-5,8,14H,6-7,9H2,1-2H3. The van der Waals surface area contributed by atoms with E-state index in [1.54, 1.807) is 6.07 Å². The number of hydrogen-bond acceptors (Lipinski definition) is 2. The first-order valence-corrected chi connectivity index (χ1v) is 5.07. The summed E-state index contributed by atoms with van der Waals surface area (Å²) < 4.78 is 0. The van der Waals surface area contributed by atoms with E-state index >= 15 is 0 Å². The molecule has 0 atom stereocenters. The molecule has 0 radical (unpaired) electrons. The van der Waals surface area contributed by atoms with E-state index in [1.165, 1.54) is 18.4 Å². The first-order valence-electron chi connectivity index (χ1n) is 5.07. The van der Waals surface area contributed by atoms with Crippen LogP contribution in [-0.2, 0) is 5.41 Å². The highest BCUT2D eigenvalue weighted by atomic mass is 16.3. The zero-order chi connectivity index (χ0) is 10.2. The second-order valence-corrected chi connectivity index (χ2v) is 4.57. The van der Waals surface area contributed by atoms with Crippen LogP contribution < -0.4 is 0 Å². The third kappa shape index (κ3) is 1.75. The van der Waals surface area contributed by atoms with Gasteiger partial charge < -0.3 is 10.0 Å². The van der Waals surface area contributed by atoms with Crippen LogP contribution >= 0.6 is 0 Å². The van der Waals surface area contributed by atoms with Crippen LogP contribution in [0.15, 0.2) is 24.3 Å². The van der Waals surface area contributed by atoms with Gasteiger partial charge in [0.05, 0.1) is 0 Å². The number of nitrogens with zero attached hydrogens (tertiary/aromatic N) is 1. The Balaban J connectivity index is 2.22. The number of rotatable bonds is 3. The van der Waals surface area contributed by atoms with Gasteiger partial charge in [0, 0.05) is 12.0 Å². The molecule has 1 aliphatic carbocycles. The van der Waals surface area contributed by atoms with E-state index in [2.05, 4.69) is 25.1 Å². The van der Waals surface area contributed by atoms with E-state index in [0.717, 1.165) is 6.54 Å². The zero-order valence-electron chi connectivity index (χ0n) is 8.83. The van der Waals surface area contributed by atoms with Gasteiger partial charge in [-0.3, -0.25) is 0 Å². The van der Waals surface area contributed by atoms with E-state index in [-0.39, 0.29) is 0 Å². The van der Waals surface area contributed by atoms with E-state index in [4.69, 9.17) is 0 Å². The van der Waals surface area contributed by atoms with Crippen LogP contribution in [0, 0.1) is 0 Å². The van der Waals surface area contributed by atoms with Crippen molar-refractivity contribution < 1.29 is 5.11 Å². The van der Waals surface area contributed by atoms with Crippen molar-refractivity contribution in [2.75, 3.05) is 20.6 Å². The van der Waals surface area contributed by atoms with Gasteiger partial charge in [-0.2, -0.15) is 0 Å². The Morgan fingerprint density at radius 2 is 2.07 bits per heavy atom. The number of aromatic hydroxyl groups is 1. The summed E-state index contributed by atoms with van der Waals surface area (Å²) >= 11 is 0. The summed E-state index contributed by atoms with van der Waals surface area (Å²) in [5, 5.41) is 9.42. The first kappa shape index (κ1) is 9.53. The second-order valence-electron chi connectivity index (χ2n) is 4.57. The van der Waals surface area contributed by atoms with Crippen molar-refractivity contribution in [2.45, 2.75) is 18.3 Å². The molecule has 2 heteroatoms. The largest absolute Gasteiger partial charge is 0.508 e. The maximum absolute atomic E-state index is 9.42. The Kier molecular flexibility index (Phi) is 2.23. The smallest absolute Gasteiger partial charge is 0.115 e. The second kappa shape index (κ2) is 3.28. The molecule has 0 aliphatic heterocycles. The average molecular weight is 191 g/mol. The van der Waals surface area contributed by atoms with E-state index in [1.807, 2.05) is 12.1 Å². The summed E-state index contributed by atoms with van der Waals surface area (Å²) in [4.78, 5) is 2.22. The van der Waals surface area contributed by atoms with Crippen molar-refractivity contribution in [3.8, 4) is 5.75 Å². The highest BCUT2D eigenvalue weighted by Gasteiger charge is 2.44. The summed E-state index contributed by atoms with van der Waals surface area (Å²) in [6.07, 6.45) is 2.49. The summed E-state index contributed by atoms with van der Waals surface area (Å²) in [7, 11) is 4.20. The molecule has 1 aromatic carbocycles. The minimum atomic E-state index is 0.322. The molecule has 2 nitrogen and oxygen atoms in total. The van der Waals surface area contributed by atoms with Gasteiger partial charge in [0.2, 0.25) is 0 Å². The molecule has 1 aliphatic rings. The fraction of sp³-hybridized carbons (Fsp3) is 0.500. The van der Waals surface area contributed by atoms with Gasteiger partial charge in [-0.1, -0.05) is 12.1 Å². The van der Waals surface area contributed by atoms with Crippen molar-refractivity contribution in [1.29, 1.82) is 0 Å². The molecule has 1 N–H and O–H groups in total. The normalized spacial score (nSPS) is 18.5. The van der Waals surface area contributed by atoms with Crippen molar-refractivity contribution in [1.82, 2.24) is 4.90 Å². The molecular weight excluding hydrogens is 174 g/mol. The number of phenolic OH excluding ortho intramolecular Hbond substituents is 1. The Bertz CT molecular complexity index is 329. The molecule has 0 bridgehead atoms. The Morgan fingerprint density at radius 3 is 2.57 bits per heavy atom. The number of phenols is 1. The van der Waals surface area contributed by atoms with Gasteiger partial charge in [0.15, 0.2) is 0 Å². The van der Waals surface area contributed by atoms with Crippen LogP contribution in [-0.4, -0.2) is 30.6 Å². The van der Waals surface area contributed by atoms with Crippen molar-refractivity contribution >= 4 is 0 Å². The Labute approximate surface area is 85.2 Å². The fourth-order valence-electron chi connectivity index (χ4n) is 2.13. The topological polar surface area (TPSA) is 23.5 Å². The molecule has 2 rings (SSSR count). The lowest BCUT2D eigenvalue weighted by Gasteiger charge is -2.20. The monoisotopic (exact) mass is 191 g/mol. The van der Waals surface area contributed by atoms with Crippen LogP contribution in [0.2, 0.25) is 0 Å². The molecule has 76 valence electrons. The predicted molar refractivity (Wildman–Crippen MR) is 57.6 cm³/mol. The fourth-order valence-corrected chi connectivity index (χ4v) is 2.13. The SMILES string of the molecule is CN(C)CC1(c2cccc(O)c2)CC1. The number of hydrogen-bond donors (Lipinski definition) is 1. The van der Waals surface area contributed by atoms with Crippen LogP contribution in [0.5, 0.6) is 5.75 Å². The summed E-state index contributed by atoms with van der Waals surface area (Å²) in [6.45, 7) is 1.08. The predicted octanol–water partition coefficient (Wildman–Crippen LogP) is 1.99. The Hall–Kier alpha value is -1.02. The van der Waals surface area contributed by atoms with Crippen molar-refractivity contribution in [3.05, 3.63) is 29.8 Å². The summed E-state index contributed by atoms with van der Waals surface area (Å²) in [5.74, 6) is 0.382. The van der Waals surface area contributed by atoms with E-state index < -0.39 is 0 Å². The minimum Gasteiger partial charge on any atom is -0.508 e. The van der Waals surface area contributed by atoms with Crippen LogP contribution in [0.4, 0.5) is 0 Å². The van der Waals surface area contributed by atoms with Crippen molar-refractivity contribution in [2.24, 2.45) is 0 Å². The van der Waals surface area contributed by atoms with E-state index in [9.17, 15) is 5.11 Å². The minimum absolute atomic E-state index is 0.322. The van der Waals surface area contributed by atoms with Gasteiger partial charge in [-0.25, -0.2) is 0 Å². The quantitative estimate of drug-likeness (QED) is 0.789. The molecule has 1 fully saturated rings. The van der Waals surface area contributed by atoms with Crippen LogP contribution in [0.1, 0.15) is 18.4 Å². The average Bonchev–Trinajstić information content (AvgIpc) is 2.84. The molecule has 1 aromatic rings. The lowest BCUT2D eigenvalue weighted by Crippen LogP contribution is -2.25. The lowest BCUT2D eigenvalue weighted by molar-refractivity contribution is 0.362. The molecule has 0 spiro atoms. The highest BCUT2D eigenvalue weighted by molar-refractivity contribution is 5.37. The first-order chi connectivity index (χ1) is 6.62. The number of benzene rings is 1. The van der Waals surface area contributed by atoms with Crippen LogP contribution in [0.3, 0.4) is 0 Å². The third-order valence-electron chi connectivity index (χ3n) is 2.93.